The van der Waals surface area contributed by atoms with Crippen molar-refractivity contribution in [3.8, 4) is 17.6 Å². The Morgan fingerprint density at radius 2 is 2.00 bits per heavy atom. The van der Waals surface area contributed by atoms with E-state index in [2.05, 4.69) is 37.5 Å². The predicted octanol–water partition coefficient (Wildman–Crippen LogP) is 4.67. The summed E-state index contributed by atoms with van der Waals surface area (Å²) in [5.74, 6) is 1.41. The molecule has 2 heterocycles. The van der Waals surface area contributed by atoms with E-state index in [1.165, 1.54) is 4.88 Å². The number of nitriles is 1. The summed E-state index contributed by atoms with van der Waals surface area (Å²) in [4.78, 5) is 13.9. The Balaban J connectivity index is 1.46. The van der Waals surface area contributed by atoms with Gasteiger partial charge in [0.1, 0.15) is 24.3 Å². The van der Waals surface area contributed by atoms with Gasteiger partial charge in [0, 0.05) is 10.4 Å². The topological polar surface area (TPSA) is 83.4 Å². The molecule has 8 heteroatoms. The minimum atomic E-state index is -0.345. The van der Waals surface area contributed by atoms with E-state index in [1.807, 2.05) is 0 Å². The highest BCUT2D eigenvalue weighted by Crippen LogP contribution is 2.44. The molecule has 0 unspecified atom stereocenters. The van der Waals surface area contributed by atoms with E-state index < -0.39 is 0 Å². The van der Waals surface area contributed by atoms with Crippen molar-refractivity contribution in [1.29, 1.82) is 5.26 Å². The number of thiocarbonyl (C=S) groups is 1. The number of nitrogens with zero attached hydrogens (tertiary/aromatic N) is 1. The number of hydrogen-bond donors (Lipinski definition) is 2. The fraction of sp³-hybridized carbons (Fsp3) is 0.435. The van der Waals surface area contributed by atoms with Gasteiger partial charge in [0.15, 0.2) is 16.6 Å². The lowest BCUT2D eigenvalue weighted by molar-refractivity contribution is 0.0976. The van der Waals surface area contributed by atoms with E-state index in [1.54, 1.807) is 29.5 Å². The van der Waals surface area contributed by atoms with Crippen LogP contribution in [0.1, 0.15) is 53.6 Å². The number of ether oxygens (including phenoxy) is 2. The smallest absolute Gasteiger partial charge is 0.257 e. The van der Waals surface area contributed by atoms with Crippen molar-refractivity contribution < 1.29 is 14.3 Å². The van der Waals surface area contributed by atoms with Gasteiger partial charge < -0.3 is 14.8 Å². The van der Waals surface area contributed by atoms with Gasteiger partial charge in [-0.2, -0.15) is 5.26 Å². The first kappa shape index (κ1) is 21.6. The van der Waals surface area contributed by atoms with Crippen molar-refractivity contribution in [2.24, 2.45) is 11.3 Å². The van der Waals surface area contributed by atoms with E-state index in [0.717, 1.165) is 24.8 Å². The second-order valence-corrected chi connectivity index (χ2v) is 10.4. The van der Waals surface area contributed by atoms with E-state index in [0.29, 0.717) is 46.8 Å². The van der Waals surface area contributed by atoms with Crippen molar-refractivity contribution in [2.75, 3.05) is 18.5 Å². The number of anilines is 1. The monoisotopic (exact) mass is 455 g/mol. The summed E-state index contributed by atoms with van der Waals surface area (Å²) < 4.78 is 11.0. The molecule has 1 aromatic heterocycles. The van der Waals surface area contributed by atoms with Gasteiger partial charge in [-0.05, 0) is 66.6 Å². The molecule has 1 aromatic carbocycles. The standard InChI is InChI=1S/C23H25N3O3S2/c1-23(2,3)14-5-6-15-16(12-24)21(31-19(15)11-14)26-22(30)25-20(27)13-4-7-17-18(10-13)29-9-8-28-17/h4,7,10,14H,5-6,8-9,11H2,1-3H3,(H2,25,26,27,30)/t14-/m1/s1. The molecule has 1 atom stereocenters. The number of amides is 1. The number of carbonyl (C=O) groups is 1. The third kappa shape index (κ3) is 4.53. The largest absolute Gasteiger partial charge is 0.486 e. The van der Waals surface area contributed by atoms with Crippen LogP contribution in [0.3, 0.4) is 0 Å². The quantitative estimate of drug-likeness (QED) is 0.641. The molecule has 1 aliphatic heterocycles. The highest BCUT2D eigenvalue weighted by molar-refractivity contribution is 7.80. The number of benzene rings is 1. The van der Waals surface area contributed by atoms with Gasteiger partial charge in [-0.15, -0.1) is 11.3 Å². The predicted molar refractivity (Wildman–Crippen MR) is 125 cm³/mol. The summed E-state index contributed by atoms with van der Waals surface area (Å²) in [5, 5.41) is 16.4. The molecule has 1 amide bonds. The zero-order valence-corrected chi connectivity index (χ0v) is 19.5. The molecule has 6 nitrogen and oxygen atoms in total. The molecule has 0 spiro atoms. The average molecular weight is 456 g/mol. The molecule has 0 saturated carbocycles. The van der Waals surface area contributed by atoms with E-state index >= 15 is 0 Å². The van der Waals surface area contributed by atoms with Gasteiger partial charge in [0.05, 0.1) is 5.56 Å². The van der Waals surface area contributed by atoms with Gasteiger partial charge in [0.2, 0.25) is 0 Å². The first-order chi connectivity index (χ1) is 14.8. The molecule has 2 aromatic rings. The summed E-state index contributed by atoms with van der Waals surface area (Å²) in [6.07, 6.45) is 2.94. The summed E-state index contributed by atoms with van der Waals surface area (Å²) in [7, 11) is 0. The van der Waals surface area contributed by atoms with Crippen LogP contribution in [-0.4, -0.2) is 24.2 Å². The SMILES string of the molecule is CC(C)(C)[C@@H]1CCc2c(sc(NC(=S)NC(=O)c3ccc4c(c3)OCCO4)c2C#N)C1. The lowest BCUT2D eigenvalue weighted by Crippen LogP contribution is -2.34. The van der Waals surface area contributed by atoms with Crippen LogP contribution in [0.25, 0.3) is 0 Å². The number of nitrogens with one attached hydrogen (secondary N) is 2. The van der Waals surface area contributed by atoms with E-state index in [9.17, 15) is 10.1 Å². The normalized spacial score (nSPS) is 17.3. The lowest BCUT2D eigenvalue weighted by atomic mass is 9.72. The number of fused-ring (bicyclic) bond motifs is 2. The summed E-state index contributed by atoms with van der Waals surface area (Å²) >= 11 is 6.93. The van der Waals surface area contributed by atoms with Gasteiger partial charge >= 0.3 is 0 Å². The molecule has 4 rings (SSSR count). The summed E-state index contributed by atoms with van der Waals surface area (Å²) in [5.41, 5.74) is 2.42. The van der Waals surface area contributed by atoms with Crippen molar-refractivity contribution in [2.45, 2.75) is 40.0 Å². The Morgan fingerprint density at radius 1 is 1.26 bits per heavy atom. The van der Waals surface area contributed by atoms with Gasteiger partial charge in [-0.3, -0.25) is 10.1 Å². The molecule has 0 saturated heterocycles. The molecule has 0 bridgehead atoms. The summed E-state index contributed by atoms with van der Waals surface area (Å²) in [6.45, 7) is 7.75. The fourth-order valence-corrected chi connectivity index (χ4v) is 5.57. The number of carbonyl (C=O) groups excluding carboxylic acids is 1. The molecule has 162 valence electrons. The average Bonchev–Trinajstić information content (AvgIpc) is 3.08. The van der Waals surface area contributed by atoms with Crippen molar-refractivity contribution in [1.82, 2.24) is 5.32 Å². The maximum Gasteiger partial charge on any atom is 0.257 e. The molecule has 0 radical (unpaired) electrons. The first-order valence-electron chi connectivity index (χ1n) is 10.3. The molecule has 2 aliphatic rings. The van der Waals surface area contributed by atoms with Crippen molar-refractivity contribution in [3.63, 3.8) is 0 Å². The molecule has 31 heavy (non-hydrogen) atoms. The van der Waals surface area contributed by atoms with E-state index in [-0.39, 0.29) is 16.4 Å². The van der Waals surface area contributed by atoms with Crippen LogP contribution in [0.4, 0.5) is 5.00 Å². The van der Waals surface area contributed by atoms with Crippen LogP contribution in [0.2, 0.25) is 0 Å². The number of rotatable bonds is 2. The zero-order valence-electron chi connectivity index (χ0n) is 17.8. The highest BCUT2D eigenvalue weighted by atomic mass is 32.1. The summed E-state index contributed by atoms with van der Waals surface area (Å²) in [6, 6.07) is 7.35. The Kier molecular flexibility index (Phi) is 5.91. The van der Waals surface area contributed by atoms with Crippen LogP contribution < -0.4 is 20.1 Å². The van der Waals surface area contributed by atoms with E-state index in [4.69, 9.17) is 21.7 Å². The Hall–Kier alpha value is -2.63. The second-order valence-electron chi connectivity index (χ2n) is 8.89. The highest BCUT2D eigenvalue weighted by Gasteiger charge is 2.32. The lowest BCUT2D eigenvalue weighted by Gasteiger charge is -2.33. The molecular formula is C23H25N3O3S2. The maximum atomic E-state index is 12.6. The van der Waals surface area contributed by atoms with Crippen molar-refractivity contribution in [3.05, 3.63) is 39.8 Å². The first-order valence-corrected chi connectivity index (χ1v) is 11.6. The van der Waals surface area contributed by atoms with Crippen LogP contribution in [0.15, 0.2) is 18.2 Å². The third-order valence-electron chi connectivity index (χ3n) is 5.86. The van der Waals surface area contributed by atoms with Gasteiger partial charge in [-0.25, -0.2) is 0 Å². The molecule has 1 aliphatic carbocycles. The van der Waals surface area contributed by atoms with Crippen molar-refractivity contribution >= 4 is 39.6 Å². The number of thiophene rings is 1. The van der Waals surface area contributed by atoms with Crippen LogP contribution in [0, 0.1) is 22.7 Å². The third-order valence-corrected chi connectivity index (χ3v) is 7.23. The molecule has 2 N–H and O–H groups in total. The Labute approximate surface area is 191 Å². The number of hydrogen-bond acceptors (Lipinski definition) is 6. The second kappa shape index (κ2) is 8.48. The minimum absolute atomic E-state index is 0.169. The minimum Gasteiger partial charge on any atom is -0.486 e. The van der Waals surface area contributed by atoms with Gasteiger partial charge in [0.25, 0.3) is 5.91 Å². The zero-order chi connectivity index (χ0) is 22.2. The van der Waals surface area contributed by atoms with Crippen LogP contribution in [-0.2, 0) is 12.8 Å². The van der Waals surface area contributed by atoms with Crippen LogP contribution in [0.5, 0.6) is 11.5 Å². The maximum absolute atomic E-state index is 12.6. The molecule has 0 fully saturated rings. The Bertz CT molecular complexity index is 1080. The van der Waals surface area contributed by atoms with Crippen LogP contribution >= 0.6 is 23.6 Å². The fourth-order valence-electron chi connectivity index (χ4n) is 4.03. The van der Waals surface area contributed by atoms with Gasteiger partial charge in [-0.1, -0.05) is 20.8 Å². The molecular weight excluding hydrogens is 430 g/mol. The Morgan fingerprint density at radius 3 is 2.71 bits per heavy atom.